The molecule has 3 aromatic rings. The molecule has 2 aromatic carbocycles. The SMILES string of the molecule is O=C(Nc1ccc(Cl)cc1)Nc1cccc(-c2cccc(N3CCOCC3)n2)c1. The number of hydrogen-bond donors (Lipinski definition) is 2. The summed E-state index contributed by atoms with van der Waals surface area (Å²) in [6, 6.07) is 20.2. The molecule has 0 saturated carbocycles. The molecular weight excluding hydrogens is 388 g/mol. The lowest BCUT2D eigenvalue weighted by Gasteiger charge is -2.28. The number of anilines is 3. The van der Waals surface area contributed by atoms with Gasteiger partial charge in [-0.1, -0.05) is 29.8 Å². The van der Waals surface area contributed by atoms with Crippen LogP contribution in [0.15, 0.2) is 66.7 Å². The molecular formula is C22H21ClN4O2. The summed E-state index contributed by atoms with van der Waals surface area (Å²) in [6.07, 6.45) is 0. The first-order chi connectivity index (χ1) is 14.2. The van der Waals surface area contributed by atoms with E-state index in [4.69, 9.17) is 21.3 Å². The number of amides is 2. The molecule has 1 aliphatic rings. The standard InChI is InChI=1S/C22H21ClN4O2/c23-17-7-9-18(10-8-17)24-22(28)25-19-4-1-3-16(15-19)20-5-2-6-21(26-20)27-11-13-29-14-12-27/h1-10,15H,11-14H2,(H2,24,25,28). The van der Waals surface area contributed by atoms with Crippen molar-refractivity contribution in [1.82, 2.24) is 4.98 Å². The third kappa shape index (κ3) is 5.04. The zero-order chi connectivity index (χ0) is 20.1. The topological polar surface area (TPSA) is 66.5 Å². The summed E-state index contributed by atoms with van der Waals surface area (Å²) in [6.45, 7) is 3.11. The van der Waals surface area contributed by atoms with Gasteiger partial charge in [0.2, 0.25) is 0 Å². The molecule has 2 N–H and O–H groups in total. The average molecular weight is 409 g/mol. The van der Waals surface area contributed by atoms with Crippen molar-refractivity contribution >= 4 is 34.8 Å². The fraction of sp³-hybridized carbons (Fsp3) is 0.182. The first-order valence-corrected chi connectivity index (χ1v) is 9.79. The number of nitrogens with zero attached hydrogens (tertiary/aromatic N) is 2. The number of nitrogens with one attached hydrogen (secondary N) is 2. The number of benzene rings is 2. The van der Waals surface area contributed by atoms with E-state index in [-0.39, 0.29) is 6.03 Å². The van der Waals surface area contributed by atoms with Gasteiger partial charge in [0, 0.05) is 35.1 Å². The number of ether oxygens (including phenoxy) is 1. The van der Waals surface area contributed by atoms with Crippen molar-refractivity contribution in [2.45, 2.75) is 0 Å². The van der Waals surface area contributed by atoms with Gasteiger partial charge >= 0.3 is 6.03 Å². The predicted molar refractivity (Wildman–Crippen MR) is 117 cm³/mol. The predicted octanol–water partition coefficient (Wildman–Crippen LogP) is 4.88. The normalized spacial score (nSPS) is 13.8. The Balaban J connectivity index is 1.47. The van der Waals surface area contributed by atoms with Gasteiger partial charge in [-0.2, -0.15) is 0 Å². The maximum atomic E-state index is 12.3. The number of carbonyl (C=O) groups is 1. The number of halogens is 1. The lowest BCUT2D eigenvalue weighted by molar-refractivity contribution is 0.122. The molecule has 0 aliphatic carbocycles. The van der Waals surface area contributed by atoms with Crippen molar-refractivity contribution in [1.29, 1.82) is 0 Å². The van der Waals surface area contributed by atoms with Gasteiger partial charge in [0.05, 0.1) is 18.9 Å². The fourth-order valence-electron chi connectivity index (χ4n) is 3.14. The highest BCUT2D eigenvalue weighted by molar-refractivity contribution is 6.30. The van der Waals surface area contributed by atoms with Gasteiger partial charge in [0.25, 0.3) is 0 Å². The van der Waals surface area contributed by atoms with Crippen molar-refractivity contribution in [2.75, 3.05) is 41.8 Å². The zero-order valence-electron chi connectivity index (χ0n) is 15.8. The van der Waals surface area contributed by atoms with Crippen molar-refractivity contribution in [3.05, 3.63) is 71.8 Å². The molecule has 4 rings (SSSR count). The van der Waals surface area contributed by atoms with Crippen LogP contribution < -0.4 is 15.5 Å². The molecule has 1 aliphatic heterocycles. The third-order valence-electron chi connectivity index (χ3n) is 4.59. The number of pyridine rings is 1. The Hall–Kier alpha value is -3.09. The van der Waals surface area contributed by atoms with Crippen LogP contribution in [-0.4, -0.2) is 37.3 Å². The lowest BCUT2D eigenvalue weighted by atomic mass is 10.1. The van der Waals surface area contributed by atoms with Gasteiger partial charge in [0.15, 0.2) is 0 Å². The van der Waals surface area contributed by atoms with Crippen molar-refractivity contribution in [3.8, 4) is 11.3 Å². The first-order valence-electron chi connectivity index (χ1n) is 9.41. The van der Waals surface area contributed by atoms with Gasteiger partial charge in [0.1, 0.15) is 5.82 Å². The molecule has 7 heteroatoms. The summed E-state index contributed by atoms with van der Waals surface area (Å²) in [4.78, 5) is 19.3. The molecule has 148 valence electrons. The molecule has 2 amide bonds. The van der Waals surface area contributed by atoms with Gasteiger partial charge in [-0.25, -0.2) is 9.78 Å². The minimum atomic E-state index is -0.320. The van der Waals surface area contributed by atoms with Gasteiger partial charge in [-0.15, -0.1) is 0 Å². The average Bonchev–Trinajstić information content (AvgIpc) is 2.76. The molecule has 6 nitrogen and oxygen atoms in total. The van der Waals surface area contributed by atoms with Crippen molar-refractivity contribution in [3.63, 3.8) is 0 Å². The molecule has 0 unspecified atom stereocenters. The summed E-state index contributed by atoms with van der Waals surface area (Å²) in [7, 11) is 0. The molecule has 2 heterocycles. The highest BCUT2D eigenvalue weighted by Crippen LogP contribution is 2.24. The monoisotopic (exact) mass is 408 g/mol. The first kappa shape index (κ1) is 19.2. The maximum absolute atomic E-state index is 12.3. The Kier molecular flexibility index (Phi) is 5.93. The summed E-state index contributed by atoms with van der Waals surface area (Å²) >= 11 is 5.87. The van der Waals surface area contributed by atoms with E-state index in [0.29, 0.717) is 29.6 Å². The van der Waals surface area contributed by atoms with Crippen molar-refractivity contribution < 1.29 is 9.53 Å². The number of rotatable bonds is 4. The van der Waals surface area contributed by atoms with E-state index in [9.17, 15) is 4.79 Å². The molecule has 0 atom stereocenters. The third-order valence-corrected chi connectivity index (χ3v) is 4.84. The van der Waals surface area contributed by atoms with E-state index in [1.807, 2.05) is 42.5 Å². The maximum Gasteiger partial charge on any atom is 0.323 e. The Labute approximate surface area is 174 Å². The minimum absolute atomic E-state index is 0.320. The molecule has 29 heavy (non-hydrogen) atoms. The summed E-state index contributed by atoms with van der Waals surface area (Å²) in [5.41, 5.74) is 3.15. The summed E-state index contributed by atoms with van der Waals surface area (Å²) in [5, 5.41) is 6.26. The van der Waals surface area contributed by atoms with Crippen LogP contribution in [0.25, 0.3) is 11.3 Å². The number of urea groups is 1. The van der Waals surface area contributed by atoms with E-state index in [0.717, 1.165) is 30.2 Å². The number of aromatic nitrogens is 1. The Morgan fingerprint density at radius 2 is 1.66 bits per heavy atom. The molecule has 0 bridgehead atoms. The zero-order valence-corrected chi connectivity index (χ0v) is 16.5. The minimum Gasteiger partial charge on any atom is -0.378 e. The number of carbonyl (C=O) groups excluding carboxylic acids is 1. The van der Waals surface area contributed by atoms with Crippen LogP contribution in [0.5, 0.6) is 0 Å². The second-order valence-corrected chi connectivity index (χ2v) is 7.08. The fourth-order valence-corrected chi connectivity index (χ4v) is 3.26. The van der Waals surface area contributed by atoms with Crippen LogP contribution in [0, 0.1) is 0 Å². The number of morpholine rings is 1. The van der Waals surface area contributed by atoms with E-state index in [1.165, 1.54) is 0 Å². The van der Waals surface area contributed by atoms with E-state index in [2.05, 4.69) is 15.5 Å². The van der Waals surface area contributed by atoms with Crippen LogP contribution in [-0.2, 0) is 4.74 Å². The number of hydrogen-bond acceptors (Lipinski definition) is 4. The molecule has 0 radical (unpaired) electrons. The quantitative estimate of drug-likeness (QED) is 0.645. The smallest absolute Gasteiger partial charge is 0.323 e. The summed E-state index contributed by atoms with van der Waals surface area (Å²) < 4.78 is 5.42. The van der Waals surface area contributed by atoms with Gasteiger partial charge in [-0.05, 0) is 48.5 Å². The van der Waals surface area contributed by atoms with Crippen LogP contribution in [0.3, 0.4) is 0 Å². The van der Waals surface area contributed by atoms with E-state index in [1.54, 1.807) is 24.3 Å². The van der Waals surface area contributed by atoms with Crippen LogP contribution >= 0.6 is 11.6 Å². The molecule has 1 aromatic heterocycles. The second-order valence-electron chi connectivity index (χ2n) is 6.65. The molecule has 1 saturated heterocycles. The van der Waals surface area contributed by atoms with E-state index >= 15 is 0 Å². The van der Waals surface area contributed by atoms with Crippen LogP contribution in [0.2, 0.25) is 5.02 Å². The van der Waals surface area contributed by atoms with Crippen LogP contribution in [0.1, 0.15) is 0 Å². The Bertz CT molecular complexity index is 988. The van der Waals surface area contributed by atoms with Crippen molar-refractivity contribution in [2.24, 2.45) is 0 Å². The van der Waals surface area contributed by atoms with Crippen LogP contribution in [0.4, 0.5) is 22.0 Å². The second kappa shape index (κ2) is 8.94. The molecule has 1 fully saturated rings. The molecule has 0 spiro atoms. The largest absolute Gasteiger partial charge is 0.378 e. The van der Waals surface area contributed by atoms with Gasteiger partial charge in [-0.3, -0.25) is 0 Å². The Morgan fingerprint density at radius 1 is 0.931 bits per heavy atom. The summed E-state index contributed by atoms with van der Waals surface area (Å²) in [5.74, 6) is 0.935. The highest BCUT2D eigenvalue weighted by atomic mass is 35.5. The van der Waals surface area contributed by atoms with E-state index < -0.39 is 0 Å². The highest BCUT2D eigenvalue weighted by Gasteiger charge is 2.13. The Morgan fingerprint density at radius 3 is 2.45 bits per heavy atom. The van der Waals surface area contributed by atoms with Gasteiger partial charge < -0.3 is 20.3 Å². The lowest BCUT2D eigenvalue weighted by Crippen LogP contribution is -2.36.